The molecule has 0 spiro atoms. The highest BCUT2D eigenvalue weighted by Gasteiger charge is 2.12. The highest BCUT2D eigenvalue weighted by Crippen LogP contribution is 2.28. The Morgan fingerprint density at radius 2 is 2.00 bits per heavy atom. The van der Waals surface area contributed by atoms with E-state index in [4.69, 9.17) is 15.2 Å². The van der Waals surface area contributed by atoms with Crippen molar-refractivity contribution in [1.29, 1.82) is 0 Å². The Kier molecular flexibility index (Phi) is 6.27. The lowest BCUT2D eigenvalue weighted by Gasteiger charge is -2.11. The number of nitrogens with zero attached hydrogens (tertiary/aromatic N) is 1. The molecule has 0 aromatic heterocycles. The van der Waals surface area contributed by atoms with E-state index in [0.29, 0.717) is 23.7 Å². The molecule has 0 atom stereocenters. The number of ether oxygens (including phenoxy) is 2. The summed E-state index contributed by atoms with van der Waals surface area (Å²) in [5.74, 6) is 0.333. The van der Waals surface area contributed by atoms with Crippen molar-refractivity contribution in [3.63, 3.8) is 0 Å². The molecule has 2 aromatic rings. The van der Waals surface area contributed by atoms with Crippen molar-refractivity contribution in [2.45, 2.75) is 6.92 Å². The maximum absolute atomic E-state index is 12.2. The van der Waals surface area contributed by atoms with Crippen LogP contribution in [0.5, 0.6) is 11.5 Å². The third kappa shape index (κ3) is 5.06. The zero-order valence-electron chi connectivity index (χ0n) is 13.1. The number of nitrogens with one attached hydrogen (secondary N) is 1. The van der Waals surface area contributed by atoms with Gasteiger partial charge < -0.3 is 15.2 Å². The van der Waals surface area contributed by atoms with Crippen LogP contribution in [-0.2, 0) is 0 Å². The van der Waals surface area contributed by atoms with Crippen LogP contribution >= 0.6 is 12.2 Å². The van der Waals surface area contributed by atoms with Crippen LogP contribution in [0.2, 0.25) is 0 Å². The lowest BCUT2D eigenvalue weighted by atomic mass is 10.2. The molecule has 0 radical (unpaired) electrons. The highest BCUT2D eigenvalue weighted by molar-refractivity contribution is 7.80. The summed E-state index contributed by atoms with van der Waals surface area (Å²) < 4.78 is 10.9. The molecule has 0 saturated carbocycles. The summed E-state index contributed by atoms with van der Waals surface area (Å²) in [7, 11) is 0. The minimum atomic E-state index is -0.451. The van der Waals surface area contributed by atoms with Crippen molar-refractivity contribution in [3.05, 3.63) is 59.7 Å². The number of esters is 1. The summed E-state index contributed by atoms with van der Waals surface area (Å²) >= 11 is 4.66. The zero-order chi connectivity index (χ0) is 17.4. The lowest BCUT2D eigenvalue weighted by Crippen LogP contribution is -2.23. The third-order valence-electron chi connectivity index (χ3n) is 2.87. The maximum atomic E-state index is 12.2. The zero-order valence-corrected chi connectivity index (χ0v) is 13.9. The van der Waals surface area contributed by atoms with Crippen LogP contribution in [-0.4, -0.2) is 23.9 Å². The van der Waals surface area contributed by atoms with Gasteiger partial charge in [0.25, 0.3) is 0 Å². The molecule has 2 aromatic carbocycles. The monoisotopic (exact) mass is 343 g/mol. The number of hydrazone groups is 1. The van der Waals surface area contributed by atoms with Crippen LogP contribution < -0.4 is 20.6 Å². The van der Waals surface area contributed by atoms with E-state index >= 15 is 0 Å². The summed E-state index contributed by atoms with van der Waals surface area (Å²) in [5.41, 5.74) is 8.96. The molecule has 6 nitrogen and oxygen atoms in total. The van der Waals surface area contributed by atoms with Gasteiger partial charge in [-0.15, -0.1) is 0 Å². The molecule has 2 rings (SSSR count). The van der Waals surface area contributed by atoms with Crippen molar-refractivity contribution in [2.24, 2.45) is 10.8 Å². The van der Waals surface area contributed by atoms with Gasteiger partial charge in [-0.2, -0.15) is 5.10 Å². The van der Waals surface area contributed by atoms with Gasteiger partial charge in [0.2, 0.25) is 0 Å². The maximum Gasteiger partial charge on any atom is 0.343 e. The second kappa shape index (κ2) is 8.64. The van der Waals surface area contributed by atoms with Crippen molar-refractivity contribution in [2.75, 3.05) is 6.61 Å². The van der Waals surface area contributed by atoms with Crippen molar-refractivity contribution in [1.82, 2.24) is 5.43 Å². The third-order valence-corrected chi connectivity index (χ3v) is 2.96. The molecular formula is C17H17N3O3S. The molecule has 3 N–H and O–H groups in total. The summed E-state index contributed by atoms with van der Waals surface area (Å²) in [4.78, 5) is 12.2. The van der Waals surface area contributed by atoms with Crippen LogP contribution in [0.15, 0.2) is 53.6 Å². The quantitative estimate of drug-likeness (QED) is 0.275. The fraction of sp³-hybridized carbons (Fsp3) is 0.118. The number of carbonyl (C=O) groups excluding carboxylic acids is 1. The van der Waals surface area contributed by atoms with E-state index in [1.807, 2.05) is 13.0 Å². The predicted octanol–water partition coefficient (Wildman–Crippen LogP) is 2.47. The number of rotatable bonds is 6. The van der Waals surface area contributed by atoms with Crippen molar-refractivity contribution >= 4 is 29.5 Å². The molecular weight excluding hydrogens is 326 g/mol. The topological polar surface area (TPSA) is 85.9 Å². The average Bonchev–Trinajstić information content (AvgIpc) is 2.57. The van der Waals surface area contributed by atoms with Gasteiger partial charge in [-0.05, 0) is 55.0 Å². The Bertz CT molecular complexity index is 748. The Morgan fingerprint density at radius 1 is 1.25 bits per heavy atom. The van der Waals surface area contributed by atoms with Gasteiger partial charge in [0.05, 0.1) is 18.4 Å². The van der Waals surface area contributed by atoms with Crippen molar-refractivity contribution < 1.29 is 14.3 Å². The lowest BCUT2D eigenvalue weighted by molar-refractivity contribution is 0.0728. The van der Waals surface area contributed by atoms with Gasteiger partial charge in [-0.3, -0.25) is 5.43 Å². The van der Waals surface area contributed by atoms with E-state index in [1.54, 1.807) is 42.5 Å². The average molecular weight is 343 g/mol. The fourth-order valence-corrected chi connectivity index (χ4v) is 1.91. The second-order valence-corrected chi connectivity index (χ2v) is 5.07. The smallest absolute Gasteiger partial charge is 0.343 e. The summed E-state index contributed by atoms with van der Waals surface area (Å²) in [6.45, 7) is 2.28. The molecule has 7 heteroatoms. The predicted molar refractivity (Wildman–Crippen MR) is 96.5 cm³/mol. The number of benzene rings is 2. The number of nitrogens with two attached hydrogens (primary N) is 1. The highest BCUT2D eigenvalue weighted by atomic mass is 32.1. The molecule has 124 valence electrons. The molecule has 0 fully saturated rings. The minimum Gasteiger partial charge on any atom is -0.490 e. The fourth-order valence-electron chi connectivity index (χ4n) is 1.86. The molecule has 0 unspecified atom stereocenters. The molecule has 0 aliphatic rings. The van der Waals surface area contributed by atoms with Crippen LogP contribution in [0.25, 0.3) is 0 Å². The summed E-state index contributed by atoms with van der Waals surface area (Å²) in [6, 6.07) is 13.8. The van der Waals surface area contributed by atoms with Crippen LogP contribution in [0, 0.1) is 0 Å². The van der Waals surface area contributed by atoms with Gasteiger partial charge in [0.1, 0.15) is 0 Å². The van der Waals surface area contributed by atoms with Crippen LogP contribution in [0.3, 0.4) is 0 Å². The molecule has 0 bridgehead atoms. The second-order valence-electron chi connectivity index (χ2n) is 4.63. The Hall–Kier alpha value is -2.93. The van der Waals surface area contributed by atoms with E-state index in [0.717, 1.165) is 5.56 Å². The van der Waals surface area contributed by atoms with E-state index in [1.165, 1.54) is 6.21 Å². The van der Waals surface area contributed by atoms with E-state index in [9.17, 15) is 4.79 Å². The molecule has 0 amide bonds. The number of thiocarbonyl (C=S) groups is 1. The van der Waals surface area contributed by atoms with Gasteiger partial charge in [-0.25, -0.2) is 4.79 Å². The Balaban J connectivity index is 2.18. The summed E-state index contributed by atoms with van der Waals surface area (Å²) in [5, 5.41) is 3.95. The first-order valence-electron chi connectivity index (χ1n) is 7.22. The van der Waals surface area contributed by atoms with Crippen LogP contribution in [0.1, 0.15) is 22.8 Å². The number of hydrogen-bond donors (Lipinski definition) is 2. The number of carbonyl (C=O) groups is 1. The standard InChI is InChI=1S/C17H17N3O3S/c1-2-22-15-10-12(11-19-20-17(18)24)8-9-14(15)23-16(21)13-6-4-3-5-7-13/h3-11H,2H2,1H3,(H3,18,20,24)/b19-11-. The first kappa shape index (κ1) is 17.4. The van der Waals surface area contributed by atoms with Gasteiger partial charge in [0, 0.05) is 0 Å². The molecule has 0 aliphatic heterocycles. The molecule has 0 heterocycles. The summed E-state index contributed by atoms with van der Waals surface area (Å²) in [6.07, 6.45) is 1.53. The van der Waals surface area contributed by atoms with Gasteiger partial charge in [-0.1, -0.05) is 18.2 Å². The van der Waals surface area contributed by atoms with Crippen LogP contribution in [0.4, 0.5) is 0 Å². The SMILES string of the molecule is CCOc1cc(/C=N\NC(N)=S)ccc1OC(=O)c1ccccc1. The molecule has 0 aliphatic carbocycles. The number of hydrogen-bond acceptors (Lipinski definition) is 5. The van der Waals surface area contributed by atoms with E-state index in [-0.39, 0.29) is 5.11 Å². The van der Waals surface area contributed by atoms with E-state index < -0.39 is 5.97 Å². The molecule has 0 saturated heterocycles. The van der Waals surface area contributed by atoms with Gasteiger partial charge >= 0.3 is 5.97 Å². The first-order valence-corrected chi connectivity index (χ1v) is 7.63. The minimum absolute atomic E-state index is 0.0738. The normalized spacial score (nSPS) is 10.4. The first-order chi connectivity index (χ1) is 11.6. The molecule has 24 heavy (non-hydrogen) atoms. The van der Waals surface area contributed by atoms with Gasteiger partial charge in [0.15, 0.2) is 16.6 Å². The van der Waals surface area contributed by atoms with E-state index in [2.05, 4.69) is 22.7 Å². The largest absolute Gasteiger partial charge is 0.490 e. The Morgan fingerprint density at radius 3 is 2.67 bits per heavy atom. The van der Waals surface area contributed by atoms with Crippen molar-refractivity contribution in [3.8, 4) is 11.5 Å². The Labute approximate surface area is 145 Å².